The molecule has 18 heavy (non-hydrogen) atoms. The van der Waals surface area contributed by atoms with E-state index in [0.717, 1.165) is 5.56 Å². The molecule has 2 N–H and O–H groups in total. The first-order valence-corrected chi connectivity index (χ1v) is 5.70. The van der Waals surface area contributed by atoms with Crippen molar-refractivity contribution in [2.45, 2.75) is 19.4 Å². The molecule has 1 atom stereocenters. The van der Waals surface area contributed by atoms with Crippen LogP contribution in [0.5, 0.6) is 5.75 Å². The number of phenolic OH excluding ortho intramolecular Hbond substituents is 1. The van der Waals surface area contributed by atoms with Crippen molar-refractivity contribution in [1.82, 2.24) is 0 Å². The first-order chi connectivity index (χ1) is 8.41. The number of phenols is 1. The van der Waals surface area contributed by atoms with Crippen molar-refractivity contribution in [3.63, 3.8) is 0 Å². The molecule has 0 amide bonds. The van der Waals surface area contributed by atoms with E-state index in [2.05, 4.69) is 0 Å². The Labute approximate surface area is 105 Å². The number of aliphatic hydroxyl groups is 1. The largest absolute Gasteiger partial charge is 0.508 e. The van der Waals surface area contributed by atoms with Gasteiger partial charge in [0.2, 0.25) is 0 Å². The quantitative estimate of drug-likeness (QED) is 0.854. The molecule has 2 nitrogen and oxygen atoms in total. The van der Waals surface area contributed by atoms with Crippen molar-refractivity contribution in [3.8, 4) is 5.75 Å². The SMILES string of the molecule is Cc1ccc(F)c(C(C)(O)c2ccc(O)cc2)c1. The van der Waals surface area contributed by atoms with E-state index in [9.17, 15) is 14.6 Å². The average Bonchev–Trinajstić information content (AvgIpc) is 2.32. The zero-order chi connectivity index (χ0) is 13.3. The van der Waals surface area contributed by atoms with Crippen molar-refractivity contribution in [2.75, 3.05) is 0 Å². The van der Waals surface area contributed by atoms with Gasteiger partial charge < -0.3 is 10.2 Å². The van der Waals surface area contributed by atoms with Gasteiger partial charge in [0.15, 0.2) is 0 Å². The number of rotatable bonds is 2. The van der Waals surface area contributed by atoms with Gasteiger partial charge in [-0.3, -0.25) is 0 Å². The summed E-state index contributed by atoms with van der Waals surface area (Å²) >= 11 is 0. The van der Waals surface area contributed by atoms with E-state index < -0.39 is 11.4 Å². The van der Waals surface area contributed by atoms with Gasteiger partial charge in [-0.25, -0.2) is 4.39 Å². The Morgan fingerprint density at radius 1 is 1.06 bits per heavy atom. The Kier molecular flexibility index (Phi) is 3.09. The Balaban J connectivity index is 2.53. The van der Waals surface area contributed by atoms with Crippen LogP contribution in [0.15, 0.2) is 42.5 Å². The molecule has 0 radical (unpaired) electrons. The molecule has 0 aliphatic rings. The van der Waals surface area contributed by atoms with Crippen LogP contribution in [-0.4, -0.2) is 10.2 Å². The van der Waals surface area contributed by atoms with E-state index in [1.165, 1.54) is 25.1 Å². The minimum Gasteiger partial charge on any atom is -0.508 e. The molecule has 0 bridgehead atoms. The highest BCUT2D eigenvalue weighted by atomic mass is 19.1. The number of benzene rings is 2. The Bertz CT molecular complexity index is 559. The highest BCUT2D eigenvalue weighted by molar-refractivity contribution is 5.39. The van der Waals surface area contributed by atoms with Gasteiger partial charge in [0.25, 0.3) is 0 Å². The van der Waals surface area contributed by atoms with Crippen molar-refractivity contribution < 1.29 is 14.6 Å². The van der Waals surface area contributed by atoms with Gasteiger partial charge in [-0.05, 0) is 43.7 Å². The summed E-state index contributed by atoms with van der Waals surface area (Å²) in [5.74, 6) is -0.335. The van der Waals surface area contributed by atoms with Crippen LogP contribution in [0.1, 0.15) is 23.6 Å². The summed E-state index contributed by atoms with van der Waals surface area (Å²) in [5, 5.41) is 19.8. The van der Waals surface area contributed by atoms with Gasteiger partial charge in [-0.1, -0.05) is 23.8 Å². The van der Waals surface area contributed by atoms with E-state index in [4.69, 9.17) is 0 Å². The van der Waals surface area contributed by atoms with Crippen LogP contribution in [0.2, 0.25) is 0 Å². The number of hydrogen-bond donors (Lipinski definition) is 2. The molecule has 0 saturated carbocycles. The van der Waals surface area contributed by atoms with E-state index in [-0.39, 0.29) is 11.3 Å². The summed E-state index contributed by atoms with van der Waals surface area (Å²) in [6.45, 7) is 3.38. The molecule has 0 spiro atoms. The van der Waals surface area contributed by atoms with Crippen LogP contribution in [0.25, 0.3) is 0 Å². The van der Waals surface area contributed by atoms with Crippen LogP contribution in [0, 0.1) is 12.7 Å². The molecule has 0 heterocycles. The van der Waals surface area contributed by atoms with Gasteiger partial charge in [0.1, 0.15) is 17.2 Å². The molecule has 2 aromatic carbocycles. The fourth-order valence-corrected chi connectivity index (χ4v) is 1.95. The van der Waals surface area contributed by atoms with Crippen LogP contribution in [0.3, 0.4) is 0 Å². The van der Waals surface area contributed by atoms with E-state index in [1.807, 2.05) is 6.92 Å². The second-order valence-corrected chi connectivity index (χ2v) is 4.60. The average molecular weight is 246 g/mol. The lowest BCUT2D eigenvalue weighted by Crippen LogP contribution is -2.24. The summed E-state index contributed by atoms with van der Waals surface area (Å²) in [4.78, 5) is 0. The van der Waals surface area contributed by atoms with Gasteiger partial charge >= 0.3 is 0 Å². The third-order valence-electron chi connectivity index (χ3n) is 3.08. The zero-order valence-electron chi connectivity index (χ0n) is 10.3. The van der Waals surface area contributed by atoms with Crippen LogP contribution < -0.4 is 0 Å². The summed E-state index contributed by atoms with van der Waals surface area (Å²) in [6.07, 6.45) is 0. The maximum Gasteiger partial charge on any atom is 0.129 e. The molecular formula is C15H15FO2. The molecule has 0 aromatic heterocycles. The fraction of sp³-hybridized carbons (Fsp3) is 0.200. The minimum atomic E-state index is -1.43. The first kappa shape index (κ1) is 12.6. The monoisotopic (exact) mass is 246 g/mol. The second kappa shape index (κ2) is 4.42. The highest BCUT2D eigenvalue weighted by Gasteiger charge is 2.28. The van der Waals surface area contributed by atoms with Crippen molar-refractivity contribution in [3.05, 3.63) is 65.0 Å². The summed E-state index contributed by atoms with van der Waals surface area (Å²) < 4.78 is 13.8. The maximum absolute atomic E-state index is 13.8. The lowest BCUT2D eigenvalue weighted by molar-refractivity contribution is 0.0978. The van der Waals surface area contributed by atoms with Gasteiger partial charge in [-0.15, -0.1) is 0 Å². The molecule has 2 aromatic rings. The van der Waals surface area contributed by atoms with Crippen molar-refractivity contribution >= 4 is 0 Å². The number of hydrogen-bond acceptors (Lipinski definition) is 2. The Morgan fingerprint density at radius 3 is 2.28 bits per heavy atom. The standard InChI is InChI=1S/C15H15FO2/c1-10-3-8-14(16)13(9-10)15(2,18)11-4-6-12(17)7-5-11/h3-9,17-18H,1-2H3. The predicted molar refractivity (Wildman–Crippen MR) is 67.9 cm³/mol. The molecule has 3 heteroatoms. The van der Waals surface area contributed by atoms with Crippen LogP contribution >= 0.6 is 0 Å². The molecule has 0 fully saturated rings. The molecule has 2 rings (SSSR count). The van der Waals surface area contributed by atoms with E-state index >= 15 is 0 Å². The number of aryl methyl sites for hydroxylation is 1. The van der Waals surface area contributed by atoms with E-state index in [0.29, 0.717) is 5.56 Å². The van der Waals surface area contributed by atoms with Crippen molar-refractivity contribution in [1.29, 1.82) is 0 Å². The summed E-state index contributed by atoms with van der Waals surface area (Å²) in [5.41, 5.74) is 0.215. The van der Waals surface area contributed by atoms with Gasteiger partial charge in [0.05, 0.1) is 0 Å². The third-order valence-corrected chi connectivity index (χ3v) is 3.08. The fourth-order valence-electron chi connectivity index (χ4n) is 1.95. The first-order valence-electron chi connectivity index (χ1n) is 5.70. The van der Waals surface area contributed by atoms with Crippen LogP contribution in [-0.2, 0) is 5.60 Å². The maximum atomic E-state index is 13.8. The highest BCUT2D eigenvalue weighted by Crippen LogP contribution is 2.32. The molecule has 94 valence electrons. The Morgan fingerprint density at radius 2 is 1.67 bits per heavy atom. The molecule has 0 aliphatic heterocycles. The zero-order valence-corrected chi connectivity index (χ0v) is 10.3. The lowest BCUT2D eigenvalue weighted by Gasteiger charge is -2.25. The smallest absolute Gasteiger partial charge is 0.129 e. The molecule has 0 aliphatic carbocycles. The minimum absolute atomic E-state index is 0.110. The van der Waals surface area contributed by atoms with Crippen molar-refractivity contribution in [2.24, 2.45) is 0 Å². The Hall–Kier alpha value is -1.87. The predicted octanol–water partition coefficient (Wildman–Crippen LogP) is 3.10. The lowest BCUT2D eigenvalue weighted by atomic mass is 9.87. The topological polar surface area (TPSA) is 40.5 Å². The van der Waals surface area contributed by atoms with Gasteiger partial charge in [-0.2, -0.15) is 0 Å². The molecular weight excluding hydrogens is 231 g/mol. The summed E-state index contributed by atoms with van der Waals surface area (Å²) in [6, 6.07) is 10.7. The molecule has 1 unspecified atom stereocenters. The number of aromatic hydroxyl groups is 1. The van der Waals surface area contributed by atoms with Crippen LogP contribution in [0.4, 0.5) is 4.39 Å². The third kappa shape index (κ3) is 2.22. The molecule has 0 saturated heterocycles. The van der Waals surface area contributed by atoms with E-state index in [1.54, 1.807) is 24.3 Å². The van der Waals surface area contributed by atoms with Gasteiger partial charge in [0, 0.05) is 5.56 Å². The second-order valence-electron chi connectivity index (χ2n) is 4.60. The number of halogens is 1. The summed E-state index contributed by atoms with van der Waals surface area (Å²) in [7, 11) is 0. The normalized spacial score (nSPS) is 14.2.